The molecular formula is C11H20N2O4S. The molecule has 0 aromatic heterocycles. The van der Waals surface area contributed by atoms with Crippen LogP contribution in [0.5, 0.6) is 0 Å². The second kappa shape index (κ2) is 7.48. The fourth-order valence-electron chi connectivity index (χ4n) is 1.60. The Labute approximate surface area is 111 Å². The number of hydrogen-bond acceptors (Lipinski definition) is 4. The smallest absolute Gasteiger partial charge is 0.334 e. The molecule has 0 saturated carbocycles. The first-order chi connectivity index (χ1) is 8.54. The molecule has 0 aromatic carbocycles. The van der Waals surface area contributed by atoms with Crippen molar-refractivity contribution in [2.45, 2.75) is 24.7 Å². The van der Waals surface area contributed by atoms with Crippen molar-refractivity contribution in [1.29, 1.82) is 0 Å². The Morgan fingerprint density at radius 3 is 2.94 bits per heavy atom. The molecule has 0 bridgehead atoms. The van der Waals surface area contributed by atoms with Gasteiger partial charge in [-0.1, -0.05) is 6.92 Å². The van der Waals surface area contributed by atoms with Gasteiger partial charge in [0.25, 0.3) is 0 Å². The summed E-state index contributed by atoms with van der Waals surface area (Å²) in [5, 5.41) is 12.1. The lowest BCUT2D eigenvalue weighted by Crippen LogP contribution is -2.52. The first kappa shape index (κ1) is 15.1. The maximum Gasteiger partial charge on any atom is 0.334 e. The summed E-state index contributed by atoms with van der Waals surface area (Å²) in [6.07, 6.45) is 2.03. The van der Waals surface area contributed by atoms with E-state index in [1.165, 1.54) is 4.90 Å². The number of carboxylic acids is 1. The van der Waals surface area contributed by atoms with Crippen LogP contribution in [0.15, 0.2) is 0 Å². The molecule has 0 aromatic rings. The standard InChI is InChI=1S/C11H20N2O4S/c1-8(18-2)3-4-12-11(16)13-5-6-17-9(7-13)10(14)15/h8-9H,3-7H2,1-2H3,(H,12,16)(H,14,15). The topological polar surface area (TPSA) is 78.9 Å². The first-order valence-electron chi connectivity index (χ1n) is 5.94. The Bertz CT molecular complexity index is 301. The van der Waals surface area contributed by atoms with Gasteiger partial charge in [-0.3, -0.25) is 0 Å². The van der Waals surface area contributed by atoms with Gasteiger partial charge in [-0.25, -0.2) is 9.59 Å². The highest BCUT2D eigenvalue weighted by atomic mass is 32.2. The normalized spacial score (nSPS) is 21.4. The van der Waals surface area contributed by atoms with Crippen LogP contribution in [-0.2, 0) is 9.53 Å². The molecule has 0 radical (unpaired) electrons. The third-order valence-corrected chi connectivity index (χ3v) is 3.90. The van der Waals surface area contributed by atoms with Gasteiger partial charge >= 0.3 is 12.0 Å². The van der Waals surface area contributed by atoms with Crippen LogP contribution in [0, 0.1) is 0 Å². The molecule has 0 aliphatic carbocycles. The Morgan fingerprint density at radius 1 is 1.61 bits per heavy atom. The third-order valence-electron chi connectivity index (χ3n) is 2.86. The lowest BCUT2D eigenvalue weighted by Gasteiger charge is -2.30. The fraction of sp³-hybridized carbons (Fsp3) is 0.818. The number of nitrogens with zero attached hydrogens (tertiary/aromatic N) is 1. The summed E-state index contributed by atoms with van der Waals surface area (Å²) in [6, 6.07) is -0.210. The summed E-state index contributed by atoms with van der Waals surface area (Å²) in [7, 11) is 0. The van der Waals surface area contributed by atoms with Crippen LogP contribution in [-0.4, -0.2) is 65.9 Å². The summed E-state index contributed by atoms with van der Waals surface area (Å²) in [5.74, 6) is -1.02. The third kappa shape index (κ3) is 4.73. The fourth-order valence-corrected chi connectivity index (χ4v) is 1.95. The van der Waals surface area contributed by atoms with Crippen LogP contribution in [0.3, 0.4) is 0 Å². The second-order valence-electron chi connectivity index (χ2n) is 4.21. The van der Waals surface area contributed by atoms with E-state index in [-0.39, 0.29) is 19.2 Å². The van der Waals surface area contributed by atoms with Gasteiger partial charge in [-0.15, -0.1) is 0 Å². The Kier molecular flexibility index (Phi) is 6.28. The van der Waals surface area contributed by atoms with Crippen molar-refractivity contribution in [3.8, 4) is 0 Å². The molecule has 1 aliphatic rings. The lowest BCUT2D eigenvalue weighted by molar-refractivity contribution is -0.154. The molecule has 7 heteroatoms. The number of amides is 2. The number of carbonyl (C=O) groups excluding carboxylic acids is 1. The maximum absolute atomic E-state index is 11.8. The quantitative estimate of drug-likeness (QED) is 0.769. The van der Waals surface area contributed by atoms with Crippen molar-refractivity contribution in [3.63, 3.8) is 0 Å². The van der Waals surface area contributed by atoms with Crippen molar-refractivity contribution in [1.82, 2.24) is 10.2 Å². The van der Waals surface area contributed by atoms with Gasteiger partial charge < -0.3 is 20.1 Å². The van der Waals surface area contributed by atoms with Crippen LogP contribution in [0.4, 0.5) is 4.79 Å². The minimum absolute atomic E-state index is 0.110. The highest BCUT2D eigenvalue weighted by Gasteiger charge is 2.28. The van der Waals surface area contributed by atoms with Gasteiger partial charge in [0, 0.05) is 18.3 Å². The zero-order valence-corrected chi connectivity index (χ0v) is 11.5. The number of carbonyl (C=O) groups is 2. The molecule has 1 saturated heterocycles. The number of rotatable bonds is 5. The average Bonchev–Trinajstić information content (AvgIpc) is 2.38. The van der Waals surface area contributed by atoms with E-state index < -0.39 is 12.1 Å². The van der Waals surface area contributed by atoms with Crippen LogP contribution < -0.4 is 5.32 Å². The van der Waals surface area contributed by atoms with Gasteiger partial charge in [0.05, 0.1) is 13.2 Å². The Balaban J connectivity index is 2.30. The van der Waals surface area contributed by atoms with E-state index in [0.717, 1.165) is 6.42 Å². The summed E-state index contributed by atoms with van der Waals surface area (Å²) >= 11 is 1.75. The number of ether oxygens (including phenoxy) is 1. The van der Waals surface area contributed by atoms with Crippen molar-refractivity contribution in [2.75, 3.05) is 32.5 Å². The molecule has 2 amide bonds. The SMILES string of the molecule is CSC(C)CCNC(=O)N1CCOC(C(=O)O)C1. The molecule has 18 heavy (non-hydrogen) atoms. The highest BCUT2D eigenvalue weighted by Crippen LogP contribution is 2.09. The number of hydrogen-bond donors (Lipinski definition) is 2. The number of morpholine rings is 1. The maximum atomic E-state index is 11.8. The van der Waals surface area contributed by atoms with Gasteiger partial charge in [0.15, 0.2) is 6.10 Å². The molecule has 0 spiro atoms. The van der Waals surface area contributed by atoms with Crippen molar-refractivity contribution < 1.29 is 19.4 Å². The van der Waals surface area contributed by atoms with Crippen molar-refractivity contribution in [2.24, 2.45) is 0 Å². The van der Waals surface area contributed by atoms with Crippen LogP contribution in [0.25, 0.3) is 0 Å². The van der Waals surface area contributed by atoms with E-state index in [0.29, 0.717) is 18.3 Å². The van der Waals surface area contributed by atoms with E-state index in [2.05, 4.69) is 12.2 Å². The monoisotopic (exact) mass is 276 g/mol. The van der Waals surface area contributed by atoms with Crippen LogP contribution in [0.1, 0.15) is 13.3 Å². The van der Waals surface area contributed by atoms with E-state index in [1.54, 1.807) is 11.8 Å². The molecule has 2 unspecified atom stereocenters. The zero-order chi connectivity index (χ0) is 13.5. The summed E-state index contributed by atoms with van der Waals surface area (Å²) < 4.78 is 5.06. The van der Waals surface area contributed by atoms with Crippen LogP contribution >= 0.6 is 11.8 Å². The predicted molar refractivity (Wildman–Crippen MR) is 69.9 cm³/mol. The molecule has 2 atom stereocenters. The largest absolute Gasteiger partial charge is 0.479 e. The van der Waals surface area contributed by atoms with Gasteiger partial charge in [0.2, 0.25) is 0 Å². The number of urea groups is 1. The van der Waals surface area contributed by atoms with Crippen LogP contribution in [0.2, 0.25) is 0 Å². The highest BCUT2D eigenvalue weighted by molar-refractivity contribution is 7.99. The lowest BCUT2D eigenvalue weighted by atomic mass is 10.3. The summed E-state index contributed by atoms with van der Waals surface area (Å²) in [4.78, 5) is 24.1. The Morgan fingerprint density at radius 2 is 2.33 bits per heavy atom. The van der Waals surface area contributed by atoms with E-state index in [1.807, 2.05) is 6.26 Å². The Hall–Kier alpha value is -0.950. The average molecular weight is 276 g/mol. The molecule has 1 rings (SSSR count). The molecule has 1 heterocycles. The van der Waals surface area contributed by atoms with Gasteiger partial charge in [-0.2, -0.15) is 11.8 Å². The molecule has 1 aliphatic heterocycles. The zero-order valence-electron chi connectivity index (χ0n) is 10.7. The minimum atomic E-state index is -1.02. The van der Waals surface area contributed by atoms with Crippen molar-refractivity contribution in [3.05, 3.63) is 0 Å². The number of aliphatic carboxylic acids is 1. The predicted octanol–water partition coefficient (Wildman–Crippen LogP) is 0.623. The second-order valence-corrected chi connectivity index (χ2v) is 5.49. The number of nitrogens with one attached hydrogen (secondary N) is 1. The first-order valence-corrected chi connectivity index (χ1v) is 7.23. The number of carboxylic acid groups (broad SMARTS) is 1. The van der Waals surface area contributed by atoms with E-state index in [4.69, 9.17) is 9.84 Å². The van der Waals surface area contributed by atoms with E-state index >= 15 is 0 Å². The number of thioether (sulfide) groups is 1. The van der Waals surface area contributed by atoms with Crippen molar-refractivity contribution >= 4 is 23.8 Å². The molecule has 104 valence electrons. The molecule has 2 N–H and O–H groups in total. The van der Waals surface area contributed by atoms with E-state index in [9.17, 15) is 9.59 Å². The minimum Gasteiger partial charge on any atom is -0.479 e. The molecule has 6 nitrogen and oxygen atoms in total. The van der Waals surface area contributed by atoms with Gasteiger partial charge in [-0.05, 0) is 12.7 Å². The summed E-state index contributed by atoms with van der Waals surface area (Å²) in [5.41, 5.74) is 0. The summed E-state index contributed by atoms with van der Waals surface area (Å²) in [6.45, 7) is 3.53. The molecule has 1 fully saturated rings. The molecular weight excluding hydrogens is 256 g/mol. The van der Waals surface area contributed by atoms with Gasteiger partial charge in [0.1, 0.15) is 0 Å².